The number of aromatic nitrogens is 3. The number of pyridine rings is 1. The lowest BCUT2D eigenvalue weighted by Crippen LogP contribution is -2.35. The number of benzene rings is 1. The van der Waals surface area contributed by atoms with Crippen LogP contribution in [0.5, 0.6) is 0 Å². The van der Waals surface area contributed by atoms with Crippen molar-refractivity contribution in [3.05, 3.63) is 48.8 Å². The summed E-state index contributed by atoms with van der Waals surface area (Å²) in [4.78, 5) is 20.2. The molecule has 25 heavy (non-hydrogen) atoms. The number of hydrogen-bond donors (Lipinski definition) is 2. The highest BCUT2D eigenvalue weighted by molar-refractivity contribution is 5.89. The monoisotopic (exact) mass is 337 g/mol. The van der Waals surface area contributed by atoms with Crippen LogP contribution in [0.2, 0.25) is 0 Å². The highest BCUT2D eigenvalue weighted by Gasteiger charge is 2.11. The Labute approximate surface area is 145 Å². The second-order valence-electron chi connectivity index (χ2n) is 5.64. The summed E-state index contributed by atoms with van der Waals surface area (Å²) < 4.78 is 5.29. The Hall–Kier alpha value is -3.22. The quantitative estimate of drug-likeness (QED) is 0.740. The van der Waals surface area contributed by atoms with E-state index >= 15 is 0 Å². The molecule has 0 fully saturated rings. The van der Waals surface area contributed by atoms with Crippen LogP contribution in [0.3, 0.4) is 0 Å². The molecule has 0 saturated carbocycles. The number of hydrogen-bond acceptors (Lipinski definition) is 5. The van der Waals surface area contributed by atoms with Gasteiger partial charge in [0.1, 0.15) is 0 Å². The molecule has 0 unspecified atom stereocenters. The number of nitrogens with one attached hydrogen (secondary N) is 2. The van der Waals surface area contributed by atoms with E-state index in [2.05, 4.69) is 25.8 Å². The summed E-state index contributed by atoms with van der Waals surface area (Å²) in [6.45, 7) is 3.98. The molecule has 0 radical (unpaired) electrons. The summed E-state index contributed by atoms with van der Waals surface area (Å²) in [5.74, 6) is 0.926. The molecule has 0 aliphatic carbocycles. The Balaban J connectivity index is 1.69. The first kappa shape index (κ1) is 16.6. The molecule has 0 saturated heterocycles. The van der Waals surface area contributed by atoms with E-state index in [1.54, 1.807) is 36.7 Å². The fraction of sp³-hybridized carbons (Fsp3) is 0.222. The van der Waals surface area contributed by atoms with E-state index in [1.165, 1.54) is 0 Å². The first-order valence-corrected chi connectivity index (χ1v) is 8.07. The molecule has 2 N–H and O–H groups in total. The molecule has 128 valence electrons. The van der Waals surface area contributed by atoms with E-state index in [4.69, 9.17) is 4.52 Å². The third-order valence-corrected chi connectivity index (χ3v) is 3.74. The van der Waals surface area contributed by atoms with Gasteiger partial charge >= 0.3 is 6.03 Å². The van der Waals surface area contributed by atoms with Gasteiger partial charge in [-0.3, -0.25) is 4.98 Å². The van der Waals surface area contributed by atoms with Crippen molar-refractivity contribution >= 4 is 11.7 Å². The van der Waals surface area contributed by atoms with Crippen molar-refractivity contribution in [1.29, 1.82) is 0 Å². The van der Waals surface area contributed by atoms with Crippen LogP contribution in [0, 0.1) is 0 Å². The van der Waals surface area contributed by atoms with Crippen LogP contribution in [0.15, 0.2) is 53.3 Å². The Kier molecular flexibility index (Phi) is 5.03. The molecule has 1 atom stereocenters. The van der Waals surface area contributed by atoms with E-state index in [0.717, 1.165) is 17.5 Å². The topological polar surface area (TPSA) is 92.9 Å². The molecular formula is C18H19N5O2. The lowest BCUT2D eigenvalue weighted by molar-refractivity contribution is 0.249. The van der Waals surface area contributed by atoms with E-state index in [-0.39, 0.29) is 12.1 Å². The minimum Gasteiger partial charge on any atom is -0.335 e. The van der Waals surface area contributed by atoms with Gasteiger partial charge in [-0.2, -0.15) is 4.98 Å². The van der Waals surface area contributed by atoms with Gasteiger partial charge in [0.25, 0.3) is 5.89 Å². The lowest BCUT2D eigenvalue weighted by Gasteiger charge is -2.12. The third-order valence-electron chi connectivity index (χ3n) is 3.74. The molecule has 1 aromatic carbocycles. The summed E-state index contributed by atoms with van der Waals surface area (Å²) in [7, 11) is 0. The molecule has 7 heteroatoms. The van der Waals surface area contributed by atoms with E-state index in [9.17, 15) is 4.79 Å². The van der Waals surface area contributed by atoms with Gasteiger partial charge in [0, 0.05) is 35.2 Å². The average Bonchev–Trinajstić information content (AvgIpc) is 3.13. The number of urea groups is 1. The van der Waals surface area contributed by atoms with E-state index < -0.39 is 0 Å². The van der Waals surface area contributed by atoms with Crippen molar-refractivity contribution < 1.29 is 9.32 Å². The summed E-state index contributed by atoms with van der Waals surface area (Å²) in [6.07, 6.45) is 4.22. The smallest absolute Gasteiger partial charge is 0.319 e. The molecule has 0 aliphatic heterocycles. The van der Waals surface area contributed by atoms with Gasteiger partial charge in [-0.25, -0.2) is 4.79 Å². The first-order chi connectivity index (χ1) is 12.2. The highest BCUT2D eigenvalue weighted by atomic mass is 16.5. The SMILES string of the molecule is CC[C@@H](C)NC(=O)Nc1ccc(-c2noc(-c3ccncc3)n2)cc1. The Morgan fingerprint density at radius 1 is 1.12 bits per heavy atom. The number of amides is 2. The van der Waals surface area contributed by atoms with Gasteiger partial charge in [-0.05, 0) is 49.7 Å². The van der Waals surface area contributed by atoms with Crippen LogP contribution in [-0.4, -0.2) is 27.2 Å². The maximum Gasteiger partial charge on any atom is 0.319 e. The van der Waals surface area contributed by atoms with E-state index in [1.807, 2.05) is 26.0 Å². The summed E-state index contributed by atoms with van der Waals surface area (Å²) in [5, 5.41) is 9.64. The highest BCUT2D eigenvalue weighted by Crippen LogP contribution is 2.22. The van der Waals surface area contributed by atoms with Crippen LogP contribution < -0.4 is 10.6 Å². The third kappa shape index (κ3) is 4.20. The van der Waals surface area contributed by atoms with Crippen molar-refractivity contribution in [3.8, 4) is 22.8 Å². The number of anilines is 1. The first-order valence-electron chi connectivity index (χ1n) is 8.07. The van der Waals surface area contributed by atoms with Crippen LogP contribution in [-0.2, 0) is 0 Å². The van der Waals surface area contributed by atoms with Crippen LogP contribution >= 0.6 is 0 Å². The van der Waals surface area contributed by atoms with Crippen molar-refractivity contribution in [2.75, 3.05) is 5.32 Å². The summed E-state index contributed by atoms with van der Waals surface area (Å²) >= 11 is 0. The largest absolute Gasteiger partial charge is 0.335 e. The van der Waals surface area contributed by atoms with Crippen molar-refractivity contribution in [3.63, 3.8) is 0 Å². The maximum atomic E-state index is 11.8. The van der Waals surface area contributed by atoms with Crippen molar-refractivity contribution in [1.82, 2.24) is 20.4 Å². The molecule has 2 amide bonds. The lowest BCUT2D eigenvalue weighted by atomic mass is 10.2. The molecule has 2 aromatic heterocycles. The number of nitrogens with zero attached hydrogens (tertiary/aromatic N) is 3. The molecular weight excluding hydrogens is 318 g/mol. The van der Waals surface area contributed by atoms with Crippen LogP contribution in [0.4, 0.5) is 10.5 Å². The predicted octanol–water partition coefficient (Wildman–Crippen LogP) is 3.72. The minimum absolute atomic E-state index is 0.130. The van der Waals surface area contributed by atoms with Crippen molar-refractivity contribution in [2.24, 2.45) is 0 Å². The summed E-state index contributed by atoms with van der Waals surface area (Å²) in [5.41, 5.74) is 2.31. The zero-order valence-electron chi connectivity index (χ0n) is 14.1. The molecule has 0 bridgehead atoms. The Morgan fingerprint density at radius 3 is 2.52 bits per heavy atom. The maximum absolute atomic E-state index is 11.8. The number of carbonyl (C=O) groups is 1. The summed E-state index contributed by atoms with van der Waals surface area (Å²) in [6, 6.07) is 10.8. The number of carbonyl (C=O) groups excluding carboxylic acids is 1. The second-order valence-corrected chi connectivity index (χ2v) is 5.64. The van der Waals surface area contributed by atoms with Crippen molar-refractivity contribution in [2.45, 2.75) is 26.3 Å². The molecule has 0 spiro atoms. The molecule has 7 nitrogen and oxygen atoms in total. The zero-order valence-corrected chi connectivity index (χ0v) is 14.1. The molecule has 0 aliphatic rings. The van der Waals surface area contributed by atoms with Gasteiger partial charge in [0.2, 0.25) is 5.82 Å². The molecule has 3 aromatic rings. The fourth-order valence-electron chi connectivity index (χ4n) is 2.15. The normalized spacial score (nSPS) is 11.8. The van der Waals surface area contributed by atoms with E-state index in [0.29, 0.717) is 17.4 Å². The molecule has 2 heterocycles. The van der Waals surface area contributed by atoms with Gasteiger partial charge in [0.05, 0.1) is 0 Å². The fourth-order valence-corrected chi connectivity index (χ4v) is 2.15. The van der Waals surface area contributed by atoms with Gasteiger partial charge in [-0.1, -0.05) is 12.1 Å². The van der Waals surface area contributed by atoms with Gasteiger partial charge in [-0.15, -0.1) is 0 Å². The van der Waals surface area contributed by atoms with Crippen LogP contribution in [0.1, 0.15) is 20.3 Å². The van der Waals surface area contributed by atoms with Gasteiger partial charge < -0.3 is 15.2 Å². The molecule has 3 rings (SSSR count). The second kappa shape index (κ2) is 7.57. The average molecular weight is 337 g/mol. The standard InChI is InChI=1S/C18H19N5O2/c1-3-12(2)20-18(24)21-15-6-4-13(5-7-15)16-22-17(25-23-16)14-8-10-19-11-9-14/h4-12H,3H2,1-2H3,(H2,20,21,24)/t12-/m1/s1. The predicted molar refractivity (Wildman–Crippen MR) is 94.9 cm³/mol. The Bertz CT molecular complexity index is 830. The minimum atomic E-state index is -0.221. The Morgan fingerprint density at radius 2 is 1.84 bits per heavy atom. The zero-order chi connectivity index (χ0) is 17.6. The van der Waals surface area contributed by atoms with Gasteiger partial charge in [0.15, 0.2) is 0 Å². The number of rotatable bonds is 5. The van der Waals surface area contributed by atoms with Crippen LogP contribution in [0.25, 0.3) is 22.8 Å².